The number of rotatable bonds is 5. The summed E-state index contributed by atoms with van der Waals surface area (Å²) in [5, 5.41) is 0. The summed E-state index contributed by atoms with van der Waals surface area (Å²) in [7, 11) is 0. The van der Waals surface area contributed by atoms with Crippen molar-refractivity contribution in [2.24, 2.45) is 17.8 Å². The first-order valence-electron chi connectivity index (χ1n) is 10.2. The Morgan fingerprint density at radius 1 is 0.880 bits per heavy atom. The number of benzene rings is 1. The first-order valence-corrected chi connectivity index (χ1v) is 10.2. The van der Waals surface area contributed by atoms with E-state index in [1.807, 2.05) is 0 Å². The quantitative estimate of drug-likeness (QED) is 0.487. The van der Waals surface area contributed by atoms with Gasteiger partial charge in [0.05, 0.1) is 0 Å². The van der Waals surface area contributed by atoms with Crippen LogP contribution < -0.4 is 0 Å². The van der Waals surface area contributed by atoms with Gasteiger partial charge in [0.2, 0.25) is 0 Å². The second kappa shape index (κ2) is 8.96. The first kappa shape index (κ1) is 18.6. The van der Waals surface area contributed by atoms with Crippen LogP contribution in [0.3, 0.4) is 0 Å². The summed E-state index contributed by atoms with van der Waals surface area (Å²) in [6.45, 7) is 2.10. The Morgan fingerprint density at radius 2 is 1.52 bits per heavy atom. The second-order valence-electron chi connectivity index (χ2n) is 8.21. The molecule has 0 unspecified atom stereocenters. The van der Waals surface area contributed by atoms with Crippen LogP contribution in [-0.2, 0) is 0 Å². The van der Waals surface area contributed by atoms with Gasteiger partial charge in [-0.15, -0.1) is 0 Å². The fraction of sp³-hybridized carbons (Fsp3) is 0.652. The van der Waals surface area contributed by atoms with Crippen LogP contribution in [0.25, 0.3) is 0 Å². The lowest BCUT2D eigenvalue weighted by Crippen LogP contribution is -2.25. The van der Waals surface area contributed by atoms with Crippen LogP contribution in [0, 0.1) is 29.4 Å². The summed E-state index contributed by atoms with van der Waals surface area (Å²) in [6.07, 6.45) is 17.5. The van der Waals surface area contributed by atoms with Gasteiger partial charge in [0, 0.05) is 0 Å². The van der Waals surface area contributed by atoms with E-state index in [1.165, 1.54) is 63.5 Å². The van der Waals surface area contributed by atoms with E-state index in [2.05, 4.69) is 19.1 Å². The summed E-state index contributed by atoms with van der Waals surface area (Å²) < 4.78 is 26.6. The summed E-state index contributed by atoms with van der Waals surface area (Å²) in [5.41, 5.74) is 0.991. The normalized spacial score (nSPS) is 30.7. The van der Waals surface area contributed by atoms with E-state index in [9.17, 15) is 8.78 Å². The minimum absolute atomic E-state index is 0.420. The third kappa shape index (κ3) is 4.92. The number of halogens is 2. The third-order valence-corrected chi connectivity index (χ3v) is 6.72. The van der Waals surface area contributed by atoms with Crippen LogP contribution in [0.5, 0.6) is 0 Å². The Bertz CT molecular complexity index is 561. The minimum atomic E-state index is -0.733. The van der Waals surface area contributed by atoms with Crippen LogP contribution in [0.15, 0.2) is 30.4 Å². The average Bonchev–Trinajstić information content (AvgIpc) is 2.65. The lowest BCUT2D eigenvalue weighted by atomic mass is 9.68. The molecule has 2 saturated carbocycles. The van der Waals surface area contributed by atoms with Crippen molar-refractivity contribution in [1.29, 1.82) is 0 Å². The highest BCUT2D eigenvalue weighted by Gasteiger charge is 2.31. The molecule has 0 saturated heterocycles. The lowest BCUT2D eigenvalue weighted by Gasteiger charge is -2.38. The molecule has 138 valence electrons. The number of allylic oxidation sites excluding steroid dienone is 2. The highest BCUT2D eigenvalue weighted by atomic mass is 19.2. The molecular formula is C23H32F2. The Hall–Kier alpha value is -1.18. The maximum absolute atomic E-state index is 13.5. The van der Waals surface area contributed by atoms with E-state index in [0.717, 1.165) is 36.2 Å². The molecule has 0 atom stereocenters. The molecule has 0 amide bonds. The molecule has 0 aliphatic heterocycles. The monoisotopic (exact) mass is 346 g/mol. The molecular weight excluding hydrogens is 314 g/mol. The lowest BCUT2D eigenvalue weighted by molar-refractivity contribution is 0.157. The number of hydrogen-bond donors (Lipinski definition) is 0. The molecule has 2 aliphatic carbocycles. The van der Waals surface area contributed by atoms with Gasteiger partial charge in [-0.3, -0.25) is 0 Å². The standard InChI is InChI=1S/C23H32F2/c1-2-3-4-5-17-6-8-18(9-7-17)19-10-12-20(13-11-19)21-14-15-22(24)23(25)16-21/h2-3,14-20H,4-13H2,1H3/b3-2+/t17-,18-,19?,20?. The van der Waals surface area contributed by atoms with Crippen LogP contribution >= 0.6 is 0 Å². The van der Waals surface area contributed by atoms with Gasteiger partial charge in [-0.2, -0.15) is 0 Å². The number of hydrogen-bond acceptors (Lipinski definition) is 0. The molecule has 0 radical (unpaired) electrons. The summed E-state index contributed by atoms with van der Waals surface area (Å²) in [5.74, 6) is 1.69. The SMILES string of the molecule is C/C=C/CC[C@H]1CC[C@H](C2CCC(c3ccc(F)c(F)c3)CC2)CC1. The van der Waals surface area contributed by atoms with Gasteiger partial charge >= 0.3 is 0 Å². The highest BCUT2D eigenvalue weighted by Crippen LogP contribution is 2.44. The molecule has 0 heterocycles. The molecule has 1 aromatic rings. The van der Waals surface area contributed by atoms with Crippen molar-refractivity contribution in [3.63, 3.8) is 0 Å². The largest absolute Gasteiger partial charge is 0.204 e. The van der Waals surface area contributed by atoms with E-state index in [1.54, 1.807) is 6.07 Å². The van der Waals surface area contributed by atoms with Crippen molar-refractivity contribution < 1.29 is 8.78 Å². The van der Waals surface area contributed by atoms with E-state index in [0.29, 0.717) is 5.92 Å². The first-order chi connectivity index (χ1) is 12.2. The molecule has 3 rings (SSSR count). The molecule has 25 heavy (non-hydrogen) atoms. The molecule has 0 spiro atoms. The van der Waals surface area contributed by atoms with Crippen LogP contribution in [-0.4, -0.2) is 0 Å². The van der Waals surface area contributed by atoms with Crippen molar-refractivity contribution in [2.75, 3.05) is 0 Å². The average molecular weight is 347 g/mol. The van der Waals surface area contributed by atoms with E-state index in [-0.39, 0.29) is 0 Å². The third-order valence-electron chi connectivity index (χ3n) is 6.72. The molecule has 1 aromatic carbocycles. The van der Waals surface area contributed by atoms with Gasteiger partial charge in [-0.25, -0.2) is 8.78 Å². The van der Waals surface area contributed by atoms with Crippen LogP contribution in [0.4, 0.5) is 8.78 Å². The molecule has 2 heteroatoms. The Kier molecular flexibility index (Phi) is 6.67. The van der Waals surface area contributed by atoms with Crippen LogP contribution in [0.1, 0.15) is 82.6 Å². The molecule has 2 aliphatic rings. The molecule has 0 aromatic heterocycles. The van der Waals surface area contributed by atoms with Crippen molar-refractivity contribution in [1.82, 2.24) is 0 Å². The van der Waals surface area contributed by atoms with E-state index >= 15 is 0 Å². The zero-order chi connectivity index (χ0) is 17.6. The fourth-order valence-electron chi connectivity index (χ4n) is 5.14. The molecule has 2 fully saturated rings. The summed E-state index contributed by atoms with van der Waals surface area (Å²) in [6, 6.07) is 4.47. The van der Waals surface area contributed by atoms with E-state index in [4.69, 9.17) is 0 Å². The van der Waals surface area contributed by atoms with Crippen molar-refractivity contribution in [3.05, 3.63) is 47.5 Å². The highest BCUT2D eigenvalue weighted by molar-refractivity contribution is 5.22. The zero-order valence-corrected chi connectivity index (χ0v) is 15.5. The van der Waals surface area contributed by atoms with Gasteiger partial charge < -0.3 is 0 Å². The van der Waals surface area contributed by atoms with Gasteiger partial charge in [0.1, 0.15) is 0 Å². The Balaban J connectivity index is 1.44. The van der Waals surface area contributed by atoms with Gasteiger partial charge in [-0.1, -0.05) is 31.1 Å². The fourth-order valence-corrected chi connectivity index (χ4v) is 5.14. The predicted octanol–water partition coefficient (Wildman–Crippen LogP) is 7.40. The van der Waals surface area contributed by atoms with Gasteiger partial charge in [-0.05, 0) is 99.7 Å². The maximum atomic E-state index is 13.5. The van der Waals surface area contributed by atoms with Crippen molar-refractivity contribution in [3.8, 4) is 0 Å². The topological polar surface area (TPSA) is 0 Å². The predicted molar refractivity (Wildman–Crippen MR) is 101 cm³/mol. The Morgan fingerprint density at radius 3 is 2.12 bits per heavy atom. The van der Waals surface area contributed by atoms with Crippen molar-refractivity contribution >= 4 is 0 Å². The van der Waals surface area contributed by atoms with E-state index < -0.39 is 11.6 Å². The summed E-state index contributed by atoms with van der Waals surface area (Å²) in [4.78, 5) is 0. The molecule has 0 nitrogen and oxygen atoms in total. The van der Waals surface area contributed by atoms with Crippen molar-refractivity contribution in [2.45, 2.75) is 77.0 Å². The van der Waals surface area contributed by atoms with Gasteiger partial charge in [0.15, 0.2) is 11.6 Å². The Labute approximate surface area is 151 Å². The zero-order valence-electron chi connectivity index (χ0n) is 15.5. The molecule has 0 N–H and O–H groups in total. The summed E-state index contributed by atoms with van der Waals surface area (Å²) >= 11 is 0. The second-order valence-corrected chi connectivity index (χ2v) is 8.21. The molecule has 0 bridgehead atoms. The minimum Gasteiger partial charge on any atom is -0.204 e. The maximum Gasteiger partial charge on any atom is 0.159 e. The van der Waals surface area contributed by atoms with Crippen LogP contribution in [0.2, 0.25) is 0 Å². The smallest absolute Gasteiger partial charge is 0.159 e. The van der Waals surface area contributed by atoms with Gasteiger partial charge in [0.25, 0.3) is 0 Å².